The Morgan fingerprint density at radius 2 is 1.88 bits per heavy atom. The number of hydrogen-bond donors (Lipinski definition) is 1. The number of methoxy groups -OCH3 is 2. The number of anilines is 2. The Hall–Kier alpha value is -3.81. The number of ether oxygens (including phenoxy) is 2. The average Bonchev–Trinajstić information content (AvgIpc) is 2.84. The Morgan fingerprint density at radius 3 is 2.64 bits per heavy atom. The molecule has 5 rings (SSSR count). The third kappa shape index (κ3) is 4.04. The van der Waals surface area contributed by atoms with E-state index in [1.54, 1.807) is 37.6 Å². The molecular weight excluding hydrogens is 420 g/mol. The summed E-state index contributed by atoms with van der Waals surface area (Å²) in [6.07, 6.45) is 2.77. The van der Waals surface area contributed by atoms with Crippen molar-refractivity contribution in [3.8, 4) is 11.5 Å². The molecule has 1 N–H and O–H groups in total. The quantitative estimate of drug-likeness (QED) is 0.648. The maximum atomic E-state index is 12.7. The van der Waals surface area contributed by atoms with Crippen molar-refractivity contribution < 1.29 is 14.3 Å². The summed E-state index contributed by atoms with van der Waals surface area (Å²) in [5, 5.41) is 2.88. The van der Waals surface area contributed by atoms with Crippen molar-refractivity contribution in [3.63, 3.8) is 0 Å². The zero-order valence-electron chi connectivity index (χ0n) is 18.7. The van der Waals surface area contributed by atoms with Crippen molar-refractivity contribution in [2.45, 2.75) is 18.9 Å². The number of rotatable bonds is 5. The van der Waals surface area contributed by atoms with Crippen molar-refractivity contribution in [2.75, 3.05) is 37.5 Å². The van der Waals surface area contributed by atoms with Crippen molar-refractivity contribution in [3.05, 3.63) is 76.3 Å². The summed E-state index contributed by atoms with van der Waals surface area (Å²) in [6.45, 7) is 2.44. The molecule has 1 aromatic carbocycles. The monoisotopic (exact) mass is 446 g/mol. The molecule has 0 saturated carbocycles. The van der Waals surface area contributed by atoms with Crippen LogP contribution in [0.3, 0.4) is 0 Å². The molecule has 3 aromatic rings. The fourth-order valence-corrected chi connectivity index (χ4v) is 4.91. The van der Waals surface area contributed by atoms with Gasteiger partial charge in [0.25, 0.3) is 11.5 Å². The summed E-state index contributed by atoms with van der Waals surface area (Å²) in [4.78, 5) is 31.8. The van der Waals surface area contributed by atoms with Gasteiger partial charge >= 0.3 is 0 Å². The predicted molar refractivity (Wildman–Crippen MR) is 125 cm³/mol. The van der Waals surface area contributed by atoms with Crippen LogP contribution in [0.4, 0.5) is 11.5 Å². The first-order chi connectivity index (χ1) is 16.1. The van der Waals surface area contributed by atoms with Crippen molar-refractivity contribution in [1.29, 1.82) is 0 Å². The maximum Gasteiger partial charge on any atom is 0.255 e. The molecule has 2 bridgehead atoms. The van der Waals surface area contributed by atoms with Crippen molar-refractivity contribution in [1.82, 2.24) is 9.55 Å². The Balaban J connectivity index is 1.29. The van der Waals surface area contributed by atoms with Gasteiger partial charge in [-0.2, -0.15) is 0 Å². The van der Waals surface area contributed by atoms with Crippen molar-refractivity contribution >= 4 is 17.4 Å². The lowest BCUT2D eigenvalue weighted by atomic mass is 9.83. The molecule has 2 atom stereocenters. The van der Waals surface area contributed by atoms with Gasteiger partial charge < -0.3 is 24.3 Å². The van der Waals surface area contributed by atoms with E-state index in [-0.39, 0.29) is 11.5 Å². The number of carbonyl (C=O) groups is 1. The molecular formula is C25H26N4O4. The lowest BCUT2D eigenvalue weighted by molar-refractivity contribution is 0.102. The van der Waals surface area contributed by atoms with Gasteiger partial charge in [-0.15, -0.1) is 0 Å². The van der Waals surface area contributed by atoms with Gasteiger partial charge in [0.1, 0.15) is 5.82 Å². The lowest BCUT2D eigenvalue weighted by Crippen LogP contribution is -2.47. The van der Waals surface area contributed by atoms with E-state index >= 15 is 0 Å². The normalized spacial score (nSPS) is 18.9. The molecule has 8 heteroatoms. The number of nitrogens with one attached hydrogen (secondary N) is 1. The fraction of sp³-hybridized carbons (Fsp3) is 0.320. The summed E-state index contributed by atoms with van der Waals surface area (Å²) < 4.78 is 12.4. The summed E-state index contributed by atoms with van der Waals surface area (Å²) in [7, 11) is 3.09. The molecule has 0 radical (unpaired) electrons. The third-order valence-electron chi connectivity index (χ3n) is 6.46. The summed E-state index contributed by atoms with van der Waals surface area (Å²) in [5.41, 5.74) is 2.28. The van der Waals surface area contributed by atoms with Crippen LogP contribution in [0.5, 0.6) is 11.5 Å². The topological polar surface area (TPSA) is 85.7 Å². The fourth-order valence-electron chi connectivity index (χ4n) is 4.91. The van der Waals surface area contributed by atoms with Crippen LogP contribution in [-0.2, 0) is 6.54 Å². The van der Waals surface area contributed by atoms with Crippen molar-refractivity contribution in [2.24, 2.45) is 5.92 Å². The SMILES string of the molecule is COc1ccc(C(=O)Nc2ccc(N3CC4CC(C3)c3cccc(=O)n3C4)nc2)cc1OC. The van der Waals surface area contributed by atoms with Gasteiger partial charge in [-0.25, -0.2) is 4.98 Å². The van der Waals surface area contributed by atoms with Gasteiger partial charge in [-0.05, 0) is 48.7 Å². The van der Waals surface area contributed by atoms with Crippen LogP contribution >= 0.6 is 0 Å². The minimum Gasteiger partial charge on any atom is -0.493 e. The minimum atomic E-state index is -0.250. The van der Waals surface area contributed by atoms with Crippen LogP contribution in [0.25, 0.3) is 0 Å². The molecule has 2 unspecified atom stereocenters. The molecule has 2 aromatic heterocycles. The number of amides is 1. The van der Waals surface area contributed by atoms with Crippen LogP contribution in [0, 0.1) is 5.92 Å². The number of hydrogen-bond acceptors (Lipinski definition) is 6. The highest BCUT2D eigenvalue weighted by molar-refractivity contribution is 6.04. The van der Waals surface area contributed by atoms with Gasteiger partial charge in [-0.1, -0.05) is 6.07 Å². The molecule has 2 aliphatic rings. The summed E-state index contributed by atoms with van der Waals surface area (Å²) >= 11 is 0. The van der Waals surface area contributed by atoms with E-state index in [0.29, 0.717) is 34.6 Å². The number of pyridine rings is 2. The second kappa shape index (κ2) is 8.61. The number of piperidine rings is 1. The molecule has 33 heavy (non-hydrogen) atoms. The smallest absolute Gasteiger partial charge is 0.255 e. The summed E-state index contributed by atoms with van der Waals surface area (Å²) in [5.74, 6) is 2.43. The number of carbonyl (C=O) groups excluding carboxylic acids is 1. The average molecular weight is 447 g/mol. The molecule has 170 valence electrons. The number of nitrogens with zero attached hydrogens (tertiary/aromatic N) is 3. The number of aromatic nitrogens is 2. The Bertz CT molecular complexity index is 1240. The zero-order valence-corrected chi connectivity index (χ0v) is 18.7. The molecule has 0 aliphatic carbocycles. The molecule has 0 spiro atoms. The van der Waals surface area contributed by atoms with Gasteiger partial charge in [0.05, 0.1) is 26.1 Å². The predicted octanol–water partition coefficient (Wildman–Crippen LogP) is 3.14. The van der Waals surface area contributed by atoms with Gasteiger partial charge in [0.15, 0.2) is 11.5 Å². The molecule has 2 aliphatic heterocycles. The standard InChI is InChI=1S/C25H26N4O4/c1-32-21-8-6-17(11-22(21)33-2)25(31)27-19-7-9-23(26-12-19)28-13-16-10-18(15-28)20-4-3-5-24(30)29(20)14-16/h3-9,11-12,16,18H,10,13-15H2,1-2H3,(H,27,31). The van der Waals surface area contributed by atoms with E-state index in [4.69, 9.17) is 9.47 Å². The Morgan fingerprint density at radius 1 is 1.03 bits per heavy atom. The van der Waals surface area contributed by atoms with Gasteiger partial charge in [0.2, 0.25) is 0 Å². The number of fused-ring (bicyclic) bond motifs is 4. The zero-order chi connectivity index (χ0) is 22.9. The second-order valence-electron chi connectivity index (χ2n) is 8.53. The Labute approximate surface area is 191 Å². The van der Waals surface area contributed by atoms with Crippen LogP contribution < -0.4 is 25.2 Å². The molecule has 4 heterocycles. The lowest BCUT2D eigenvalue weighted by Gasteiger charge is -2.43. The van der Waals surface area contributed by atoms with Gasteiger partial charge in [0, 0.05) is 42.9 Å². The van der Waals surface area contributed by atoms with E-state index in [9.17, 15) is 9.59 Å². The van der Waals surface area contributed by atoms with Crippen LogP contribution in [0.1, 0.15) is 28.4 Å². The highest BCUT2D eigenvalue weighted by Crippen LogP contribution is 2.36. The summed E-state index contributed by atoms with van der Waals surface area (Å²) in [6, 6.07) is 14.4. The molecule has 8 nitrogen and oxygen atoms in total. The first-order valence-corrected chi connectivity index (χ1v) is 11.0. The molecule has 1 amide bonds. The van der Waals surface area contributed by atoms with Crippen LogP contribution in [0.15, 0.2) is 59.5 Å². The second-order valence-corrected chi connectivity index (χ2v) is 8.53. The van der Waals surface area contributed by atoms with Crippen LogP contribution in [-0.4, -0.2) is 42.8 Å². The minimum absolute atomic E-state index is 0.0864. The maximum absolute atomic E-state index is 12.7. The van der Waals surface area contributed by atoms with E-state index < -0.39 is 0 Å². The molecule has 1 fully saturated rings. The number of benzene rings is 1. The first-order valence-electron chi connectivity index (χ1n) is 11.0. The highest BCUT2D eigenvalue weighted by Gasteiger charge is 2.34. The first kappa shape index (κ1) is 21.1. The van der Waals surface area contributed by atoms with E-state index in [1.165, 1.54) is 7.11 Å². The molecule has 1 saturated heterocycles. The van der Waals surface area contributed by atoms with E-state index in [0.717, 1.165) is 37.6 Å². The van der Waals surface area contributed by atoms with Crippen LogP contribution in [0.2, 0.25) is 0 Å². The Kier molecular flexibility index (Phi) is 5.50. The van der Waals surface area contributed by atoms with E-state index in [2.05, 4.69) is 21.3 Å². The van der Waals surface area contributed by atoms with E-state index in [1.807, 2.05) is 22.8 Å². The largest absolute Gasteiger partial charge is 0.493 e. The third-order valence-corrected chi connectivity index (χ3v) is 6.46. The highest BCUT2D eigenvalue weighted by atomic mass is 16.5. The van der Waals surface area contributed by atoms with Gasteiger partial charge in [-0.3, -0.25) is 9.59 Å².